The minimum absolute atomic E-state index is 0.00757. The predicted octanol–water partition coefficient (Wildman–Crippen LogP) is 6.89. The van der Waals surface area contributed by atoms with Crippen LogP contribution in [0.25, 0.3) is 21.9 Å². The van der Waals surface area contributed by atoms with E-state index in [0.29, 0.717) is 0 Å². The van der Waals surface area contributed by atoms with E-state index in [1.807, 2.05) is 0 Å². The molecule has 0 atom stereocenters. The molecule has 1 aliphatic rings. The molecule has 1 N–H and O–H groups in total. The molecule has 4 aromatic rings. The average molecular weight is 335 g/mol. The van der Waals surface area contributed by atoms with Crippen LogP contribution in [0, 0.1) is 0 Å². The lowest BCUT2D eigenvalue weighted by Gasteiger charge is -2.24. The first-order valence-corrected chi connectivity index (χ1v) is 9.14. The SMILES string of the molecule is CC1(C)c2ccccc2-c2cccc(Nc3ccc4ccccc4c3)c21. The minimum atomic E-state index is -0.00757. The maximum atomic E-state index is 3.69. The van der Waals surface area contributed by atoms with Crippen molar-refractivity contribution < 1.29 is 0 Å². The number of hydrogen-bond acceptors (Lipinski definition) is 1. The van der Waals surface area contributed by atoms with E-state index < -0.39 is 0 Å². The summed E-state index contributed by atoms with van der Waals surface area (Å²) in [6, 6.07) is 30.4. The maximum Gasteiger partial charge on any atom is 0.0431 e. The highest BCUT2D eigenvalue weighted by atomic mass is 14.9. The van der Waals surface area contributed by atoms with Crippen LogP contribution >= 0.6 is 0 Å². The number of rotatable bonds is 2. The monoisotopic (exact) mass is 335 g/mol. The highest BCUT2D eigenvalue weighted by Crippen LogP contribution is 2.51. The average Bonchev–Trinajstić information content (AvgIpc) is 2.91. The fourth-order valence-corrected chi connectivity index (χ4v) is 4.37. The molecule has 5 rings (SSSR count). The van der Waals surface area contributed by atoms with Gasteiger partial charge in [-0.25, -0.2) is 0 Å². The molecule has 126 valence electrons. The van der Waals surface area contributed by atoms with Gasteiger partial charge >= 0.3 is 0 Å². The van der Waals surface area contributed by atoms with Gasteiger partial charge in [0, 0.05) is 16.8 Å². The summed E-state index contributed by atoms with van der Waals surface area (Å²) in [5.74, 6) is 0. The van der Waals surface area contributed by atoms with Crippen LogP contribution in [-0.4, -0.2) is 0 Å². The van der Waals surface area contributed by atoms with E-state index in [0.717, 1.165) is 5.69 Å². The second-order valence-corrected chi connectivity index (χ2v) is 7.59. The van der Waals surface area contributed by atoms with Gasteiger partial charge in [-0.15, -0.1) is 0 Å². The summed E-state index contributed by atoms with van der Waals surface area (Å²) in [5, 5.41) is 6.21. The molecule has 0 bridgehead atoms. The van der Waals surface area contributed by atoms with E-state index in [1.165, 1.54) is 38.7 Å². The van der Waals surface area contributed by atoms with Crippen molar-refractivity contribution in [1.82, 2.24) is 0 Å². The van der Waals surface area contributed by atoms with Gasteiger partial charge in [0.05, 0.1) is 0 Å². The summed E-state index contributed by atoms with van der Waals surface area (Å²) in [6.45, 7) is 4.65. The number of nitrogens with one attached hydrogen (secondary N) is 1. The van der Waals surface area contributed by atoms with Crippen molar-refractivity contribution in [2.45, 2.75) is 19.3 Å². The smallest absolute Gasteiger partial charge is 0.0431 e. The first-order valence-electron chi connectivity index (χ1n) is 9.14. The highest BCUT2D eigenvalue weighted by Gasteiger charge is 2.37. The van der Waals surface area contributed by atoms with E-state index in [1.54, 1.807) is 0 Å². The van der Waals surface area contributed by atoms with Gasteiger partial charge in [-0.05, 0) is 51.2 Å². The normalized spacial score (nSPS) is 14.1. The van der Waals surface area contributed by atoms with Crippen LogP contribution < -0.4 is 5.32 Å². The molecule has 0 unspecified atom stereocenters. The first-order chi connectivity index (χ1) is 12.6. The van der Waals surface area contributed by atoms with E-state index in [4.69, 9.17) is 0 Å². The molecule has 1 heteroatoms. The number of fused-ring (bicyclic) bond motifs is 4. The van der Waals surface area contributed by atoms with Gasteiger partial charge in [0.15, 0.2) is 0 Å². The van der Waals surface area contributed by atoms with Crippen LogP contribution in [0.3, 0.4) is 0 Å². The van der Waals surface area contributed by atoms with Crippen molar-refractivity contribution in [2.75, 3.05) is 5.32 Å². The van der Waals surface area contributed by atoms with Gasteiger partial charge < -0.3 is 5.32 Å². The van der Waals surface area contributed by atoms with Gasteiger partial charge in [0.25, 0.3) is 0 Å². The van der Waals surface area contributed by atoms with Crippen molar-refractivity contribution in [2.24, 2.45) is 0 Å². The number of benzene rings is 4. The molecule has 26 heavy (non-hydrogen) atoms. The molecule has 0 radical (unpaired) electrons. The van der Waals surface area contributed by atoms with E-state index in [2.05, 4.69) is 104 Å². The van der Waals surface area contributed by atoms with Crippen molar-refractivity contribution in [3.8, 4) is 11.1 Å². The third kappa shape index (κ3) is 2.17. The van der Waals surface area contributed by atoms with Crippen LogP contribution in [0.4, 0.5) is 11.4 Å². The van der Waals surface area contributed by atoms with Gasteiger partial charge in [0.2, 0.25) is 0 Å². The van der Waals surface area contributed by atoms with Gasteiger partial charge in [-0.1, -0.05) is 80.6 Å². The van der Waals surface area contributed by atoms with Crippen molar-refractivity contribution in [3.63, 3.8) is 0 Å². The molecule has 0 saturated carbocycles. The third-order valence-corrected chi connectivity index (χ3v) is 5.61. The molecule has 1 nitrogen and oxygen atoms in total. The Balaban J connectivity index is 1.63. The molecule has 0 heterocycles. The molecule has 0 spiro atoms. The van der Waals surface area contributed by atoms with Crippen LogP contribution in [0.15, 0.2) is 84.9 Å². The Kier molecular flexibility index (Phi) is 3.20. The van der Waals surface area contributed by atoms with Crippen molar-refractivity contribution in [3.05, 3.63) is 96.1 Å². The van der Waals surface area contributed by atoms with Crippen molar-refractivity contribution in [1.29, 1.82) is 0 Å². The topological polar surface area (TPSA) is 12.0 Å². The Labute approximate surface area is 154 Å². The second-order valence-electron chi connectivity index (χ2n) is 7.59. The fraction of sp³-hybridized carbons (Fsp3) is 0.120. The van der Waals surface area contributed by atoms with Crippen LogP contribution in [0.1, 0.15) is 25.0 Å². The largest absolute Gasteiger partial charge is 0.355 e. The number of anilines is 2. The van der Waals surface area contributed by atoms with Crippen LogP contribution in [0.5, 0.6) is 0 Å². The maximum absolute atomic E-state index is 3.69. The summed E-state index contributed by atoms with van der Waals surface area (Å²) in [4.78, 5) is 0. The van der Waals surface area contributed by atoms with E-state index in [9.17, 15) is 0 Å². The lowest BCUT2D eigenvalue weighted by Crippen LogP contribution is -2.16. The van der Waals surface area contributed by atoms with Crippen LogP contribution in [-0.2, 0) is 5.41 Å². The lowest BCUT2D eigenvalue weighted by molar-refractivity contribution is 0.662. The van der Waals surface area contributed by atoms with Gasteiger partial charge in [-0.3, -0.25) is 0 Å². The summed E-state index contributed by atoms with van der Waals surface area (Å²) >= 11 is 0. The minimum Gasteiger partial charge on any atom is -0.355 e. The van der Waals surface area contributed by atoms with Crippen LogP contribution in [0.2, 0.25) is 0 Å². The molecular formula is C25H21N. The van der Waals surface area contributed by atoms with E-state index >= 15 is 0 Å². The molecule has 0 aromatic heterocycles. The Morgan fingerprint density at radius 3 is 2.27 bits per heavy atom. The second kappa shape index (κ2) is 5.47. The Morgan fingerprint density at radius 1 is 0.654 bits per heavy atom. The summed E-state index contributed by atoms with van der Waals surface area (Å²) in [7, 11) is 0. The Hall–Kier alpha value is -3.06. The molecule has 0 amide bonds. The summed E-state index contributed by atoms with van der Waals surface area (Å²) in [6.07, 6.45) is 0. The van der Waals surface area contributed by atoms with Gasteiger partial charge in [-0.2, -0.15) is 0 Å². The molecule has 0 saturated heterocycles. The zero-order valence-electron chi connectivity index (χ0n) is 15.1. The zero-order chi connectivity index (χ0) is 17.7. The fourth-order valence-electron chi connectivity index (χ4n) is 4.37. The summed E-state index contributed by atoms with van der Waals surface area (Å²) < 4.78 is 0. The Morgan fingerprint density at radius 2 is 1.38 bits per heavy atom. The quantitative estimate of drug-likeness (QED) is 0.420. The summed E-state index contributed by atoms with van der Waals surface area (Å²) in [5.41, 5.74) is 7.80. The molecule has 0 fully saturated rings. The standard InChI is InChI=1S/C25H21N/c1-25(2)22-12-6-5-10-20(22)21-11-7-13-23(24(21)25)26-19-15-14-17-8-3-4-9-18(17)16-19/h3-16,26H,1-2H3. The van der Waals surface area contributed by atoms with Gasteiger partial charge in [0.1, 0.15) is 0 Å². The third-order valence-electron chi connectivity index (χ3n) is 5.61. The molecule has 0 aliphatic heterocycles. The van der Waals surface area contributed by atoms with Crippen molar-refractivity contribution >= 4 is 22.1 Å². The number of hydrogen-bond donors (Lipinski definition) is 1. The first kappa shape index (κ1) is 15.2. The Bertz CT molecular complexity index is 1140. The molecular weight excluding hydrogens is 314 g/mol. The highest BCUT2D eigenvalue weighted by molar-refractivity contribution is 5.89. The zero-order valence-corrected chi connectivity index (χ0v) is 15.1. The molecule has 1 aliphatic carbocycles. The van der Waals surface area contributed by atoms with E-state index in [-0.39, 0.29) is 5.41 Å². The lowest BCUT2D eigenvalue weighted by atomic mass is 9.81. The molecule has 4 aromatic carbocycles. The predicted molar refractivity (Wildman–Crippen MR) is 111 cm³/mol.